The molecule has 2 saturated heterocycles. The zero-order valence-corrected chi connectivity index (χ0v) is 8.66. The largest absolute Gasteiger partial charge is 0.469 e. The first-order chi connectivity index (χ1) is 6.69. The van der Waals surface area contributed by atoms with Crippen molar-refractivity contribution < 1.29 is 9.53 Å². The van der Waals surface area contributed by atoms with Gasteiger partial charge in [-0.25, -0.2) is 0 Å². The molecule has 3 atom stereocenters. The van der Waals surface area contributed by atoms with E-state index in [0.717, 1.165) is 38.9 Å². The molecule has 80 valence electrons. The number of nitrogens with two attached hydrogens (primary N) is 1. The van der Waals surface area contributed by atoms with Gasteiger partial charge in [-0.15, -0.1) is 0 Å². The molecular weight excluding hydrogens is 180 g/mol. The highest BCUT2D eigenvalue weighted by atomic mass is 16.5. The molecule has 0 radical (unpaired) electrons. The highest BCUT2D eigenvalue weighted by molar-refractivity contribution is 5.78. The lowest BCUT2D eigenvalue weighted by molar-refractivity contribution is -0.153. The molecule has 2 N–H and O–H groups in total. The van der Waals surface area contributed by atoms with Crippen molar-refractivity contribution in [2.75, 3.05) is 26.7 Å². The Labute approximate surface area is 84.4 Å². The van der Waals surface area contributed by atoms with Gasteiger partial charge in [0.2, 0.25) is 0 Å². The third-order valence-corrected chi connectivity index (χ3v) is 3.67. The monoisotopic (exact) mass is 198 g/mol. The van der Waals surface area contributed by atoms with Gasteiger partial charge in [-0.1, -0.05) is 0 Å². The molecule has 2 aliphatic rings. The Balaban J connectivity index is 2.25. The second-order valence-corrected chi connectivity index (χ2v) is 4.42. The number of methoxy groups -OCH3 is 1. The highest BCUT2D eigenvalue weighted by Crippen LogP contribution is 2.38. The fourth-order valence-electron chi connectivity index (χ4n) is 2.74. The highest BCUT2D eigenvalue weighted by Gasteiger charge is 2.50. The van der Waals surface area contributed by atoms with Gasteiger partial charge in [0.15, 0.2) is 0 Å². The summed E-state index contributed by atoms with van der Waals surface area (Å²) in [5.41, 5.74) is 5.69. The van der Waals surface area contributed by atoms with Gasteiger partial charge >= 0.3 is 5.97 Å². The van der Waals surface area contributed by atoms with Gasteiger partial charge in [0.1, 0.15) is 0 Å². The molecule has 0 spiro atoms. The Morgan fingerprint density at radius 2 is 2.36 bits per heavy atom. The van der Waals surface area contributed by atoms with Crippen molar-refractivity contribution in [1.82, 2.24) is 4.90 Å². The maximum atomic E-state index is 11.8. The molecule has 2 heterocycles. The van der Waals surface area contributed by atoms with E-state index in [1.807, 2.05) is 0 Å². The van der Waals surface area contributed by atoms with Gasteiger partial charge in [-0.05, 0) is 32.4 Å². The minimum Gasteiger partial charge on any atom is -0.469 e. The van der Waals surface area contributed by atoms with Crippen molar-refractivity contribution in [2.24, 2.45) is 11.1 Å². The predicted molar refractivity (Wildman–Crippen MR) is 52.7 cm³/mol. The summed E-state index contributed by atoms with van der Waals surface area (Å²) >= 11 is 0. The molecule has 4 heteroatoms. The van der Waals surface area contributed by atoms with Crippen molar-refractivity contribution in [1.29, 1.82) is 0 Å². The molecular formula is C10H18N2O2. The van der Waals surface area contributed by atoms with E-state index in [1.54, 1.807) is 0 Å². The normalized spacial score (nSPS) is 41.9. The molecule has 0 aromatic carbocycles. The third-order valence-electron chi connectivity index (χ3n) is 3.67. The van der Waals surface area contributed by atoms with Crippen LogP contribution in [0, 0.1) is 5.41 Å². The summed E-state index contributed by atoms with van der Waals surface area (Å²) in [5.74, 6) is -0.116. The zero-order chi connectivity index (χ0) is 10.2. The summed E-state index contributed by atoms with van der Waals surface area (Å²) in [4.78, 5) is 14.1. The van der Waals surface area contributed by atoms with Gasteiger partial charge in [0, 0.05) is 12.6 Å². The van der Waals surface area contributed by atoms with E-state index in [4.69, 9.17) is 10.5 Å². The number of esters is 1. The Morgan fingerprint density at radius 1 is 1.57 bits per heavy atom. The van der Waals surface area contributed by atoms with Crippen LogP contribution in [0.1, 0.15) is 19.3 Å². The third kappa shape index (κ3) is 1.33. The first kappa shape index (κ1) is 9.93. The van der Waals surface area contributed by atoms with Gasteiger partial charge in [0.25, 0.3) is 0 Å². The predicted octanol–water partition coefficient (Wildman–Crippen LogP) is -0.0274. The Kier molecular flexibility index (Phi) is 2.49. The summed E-state index contributed by atoms with van der Waals surface area (Å²) in [5, 5.41) is 0. The van der Waals surface area contributed by atoms with Crippen LogP contribution in [0.2, 0.25) is 0 Å². The van der Waals surface area contributed by atoms with Crippen molar-refractivity contribution in [2.45, 2.75) is 25.3 Å². The van der Waals surface area contributed by atoms with E-state index in [-0.39, 0.29) is 12.0 Å². The number of carbonyl (C=O) groups is 1. The standard InChI is InChI=1S/C10H18N2O2/c1-14-9(13)10-4-6-12(7-10)5-2-3-8(10)11/h8H,2-7,11H2,1H3. The van der Waals surface area contributed by atoms with Crippen molar-refractivity contribution in [3.63, 3.8) is 0 Å². The Bertz CT molecular complexity index is 244. The molecule has 14 heavy (non-hydrogen) atoms. The molecule has 2 bridgehead atoms. The molecule has 2 aliphatic heterocycles. The topological polar surface area (TPSA) is 55.6 Å². The van der Waals surface area contributed by atoms with Crippen molar-refractivity contribution in [3.05, 3.63) is 0 Å². The zero-order valence-electron chi connectivity index (χ0n) is 8.66. The lowest BCUT2D eigenvalue weighted by Gasteiger charge is -2.30. The van der Waals surface area contributed by atoms with E-state index in [2.05, 4.69) is 4.90 Å². The van der Waals surface area contributed by atoms with E-state index < -0.39 is 5.41 Å². The number of hydrogen-bond acceptors (Lipinski definition) is 4. The van der Waals surface area contributed by atoms with Gasteiger partial charge < -0.3 is 15.4 Å². The van der Waals surface area contributed by atoms with Crippen LogP contribution in [0.15, 0.2) is 0 Å². The summed E-state index contributed by atoms with van der Waals surface area (Å²) in [6, 6.07) is -0.0255. The Hall–Kier alpha value is -0.610. The molecule has 2 fully saturated rings. The van der Waals surface area contributed by atoms with Crippen LogP contribution < -0.4 is 5.73 Å². The number of hydrogen-bond donors (Lipinski definition) is 1. The van der Waals surface area contributed by atoms with Crippen molar-refractivity contribution in [3.8, 4) is 0 Å². The second-order valence-electron chi connectivity index (χ2n) is 4.42. The average molecular weight is 198 g/mol. The minimum absolute atomic E-state index is 0.0255. The van der Waals surface area contributed by atoms with E-state index in [1.165, 1.54) is 7.11 Å². The second kappa shape index (κ2) is 3.51. The number of rotatable bonds is 1. The molecule has 2 rings (SSSR count). The lowest BCUT2D eigenvalue weighted by atomic mass is 9.78. The SMILES string of the molecule is COC(=O)C12CCN(CCCC1N)C2. The van der Waals surface area contributed by atoms with Crippen molar-refractivity contribution >= 4 is 5.97 Å². The van der Waals surface area contributed by atoms with Crippen LogP contribution in [0.4, 0.5) is 0 Å². The first-order valence-electron chi connectivity index (χ1n) is 5.25. The van der Waals surface area contributed by atoms with Crippen LogP contribution in [0.3, 0.4) is 0 Å². The summed E-state index contributed by atoms with van der Waals surface area (Å²) in [7, 11) is 1.46. The molecule has 0 saturated carbocycles. The van der Waals surface area contributed by atoms with E-state index in [0.29, 0.717) is 0 Å². The Morgan fingerprint density at radius 3 is 3.07 bits per heavy atom. The number of fused-ring (bicyclic) bond motifs is 2. The van der Waals surface area contributed by atoms with Crippen LogP contribution >= 0.6 is 0 Å². The fourth-order valence-corrected chi connectivity index (χ4v) is 2.74. The van der Waals surface area contributed by atoms with Gasteiger partial charge in [-0.2, -0.15) is 0 Å². The maximum absolute atomic E-state index is 11.8. The molecule has 0 aliphatic carbocycles. The van der Waals surface area contributed by atoms with E-state index in [9.17, 15) is 4.79 Å². The molecule has 0 aromatic heterocycles. The number of carbonyl (C=O) groups excluding carboxylic acids is 1. The number of nitrogens with zero attached hydrogens (tertiary/aromatic N) is 1. The van der Waals surface area contributed by atoms with Crippen LogP contribution in [-0.2, 0) is 9.53 Å². The number of ether oxygens (including phenoxy) is 1. The molecule has 0 aromatic rings. The first-order valence-corrected chi connectivity index (χ1v) is 5.25. The summed E-state index contributed by atoms with van der Waals surface area (Å²) < 4.78 is 4.89. The van der Waals surface area contributed by atoms with E-state index >= 15 is 0 Å². The van der Waals surface area contributed by atoms with Crippen LogP contribution in [0.25, 0.3) is 0 Å². The molecule has 3 unspecified atom stereocenters. The molecule has 4 nitrogen and oxygen atoms in total. The smallest absolute Gasteiger partial charge is 0.314 e. The van der Waals surface area contributed by atoms with Gasteiger partial charge in [0.05, 0.1) is 12.5 Å². The quantitative estimate of drug-likeness (QED) is 0.601. The maximum Gasteiger partial charge on any atom is 0.314 e. The van der Waals surface area contributed by atoms with Crippen LogP contribution in [0.5, 0.6) is 0 Å². The summed E-state index contributed by atoms with van der Waals surface area (Å²) in [6.07, 6.45) is 2.90. The fraction of sp³-hybridized carbons (Fsp3) is 0.900. The average Bonchev–Trinajstić information content (AvgIpc) is 2.54. The van der Waals surface area contributed by atoms with Crippen LogP contribution in [-0.4, -0.2) is 43.7 Å². The lowest BCUT2D eigenvalue weighted by Crippen LogP contribution is -2.48. The molecule has 0 amide bonds. The van der Waals surface area contributed by atoms with Gasteiger partial charge in [-0.3, -0.25) is 4.79 Å². The minimum atomic E-state index is -0.411. The summed E-state index contributed by atoms with van der Waals surface area (Å²) in [6.45, 7) is 2.86.